The van der Waals surface area contributed by atoms with E-state index in [2.05, 4.69) is 10.1 Å². The number of amides is 1. The first-order valence-electron chi connectivity index (χ1n) is 5.92. The molecular formula is C13H17F3N2O2. The monoisotopic (exact) mass is 290 g/mol. The van der Waals surface area contributed by atoms with E-state index >= 15 is 0 Å². The first kappa shape index (κ1) is 16.3. The van der Waals surface area contributed by atoms with Gasteiger partial charge in [0.2, 0.25) is 5.91 Å². The topological polar surface area (TPSA) is 64.4 Å². The molecule has 1 aromatic rings. The number of alkyl halides is 2. The highest BCUT2D eigenvalue weighted by molar-refractivity contribution is 5.95. The predicted molar refractivity (Wildman–Crippen MR) is 69.1 cm³/mol. The Morgan fingerprint density at radius 3 is 2.40 bits per heavy atom. The van der Waals surface area contributed by atoms with Gasteiger partial charge in [0.1, 0.15) is 0 Å². The van der Waals surface area contributed by atoms with Crippen LogP contribution in [0.1, 0.15) is 20.8 Å². The number of carbonyl (C=O) groups is 1. The second-order valence-corrected chi connectivity index (χ2v) is 5.36. The molecule has 1 atom stereocenters. The van der Waals surface area contributed by atoms with Crippen molar-refractivity contribution in [2.24, 2.45) is 11.1 Å². The van der Waals surface area contributed by atoms with Crippen LogP contribution in [0.15, 0.2) is 18.2 Å². The van der Waals surface area contributed by atoms with Crippen molar-refractivity contribution < 1.29 is 22.7 Å². The molecule has 0 saturated heterocycles. The second-order valence-electron chi connectivity index (χ2n) is 5.36. The highest BCUT2D eigenvalue weighted by Gasteiger charge is 2.27. The second kappa shape index (κ2) is 6.13. The maximum absolute atomic E-state index is 13.5. The highest BCUT2D eigenvalue weighted by Crippen LogP contribution is 2.24. The van der Waals surface area contributed by atoms with Crippen LogP contribution in [-0.4, -0.2) is 18.6 Å². The van der Waals surface area contributed by atoms with Crippen LogP contribution in [0.3, 0.4) is 0 Å². The number of hydrogen-bond donors (Lipinski definition) is 2. The molecule has 0 radical (unpaired) electrons. The fraction of sp³-hybridized carbons (Fsp3) is 0.462. The van der Waals surface area contributed by atoms with Gasteiger partial charge < -0.3 is 15.8 Å². The van der Waals surface area contributed by atoms with Gasteiger partial charge in [-0.05, 0) is 17.5 Å². The van der Waals surface area contributed by atoms with E-state index in [1.54, 1.807) is 20.8 Å². The van der Waals surface area contributed by atoms with E-state index in [1.807, 2.05) is 0 Å². The van der Waals surface area contributed by atoms with Gasteiger partial charge in [0.15, 0.2) is 11.6 Å². The Morgan fingerprint density at radius 2 is 1.95 bits per heavy atom. The Bertz CT molecular complexity index is 487. The molecule has 0 saturated carbocycles. The zero-order chi connectivity index (χ0) is 15.5. The molecule has 0 aliphatic rings. The molecular weight excluding hydrogens is 273 g/mol. The van der Waals surface area contributed by atoms with Crippen LogP contribution < -0.4 is 15.8 Å². The number of carbonyl (C=O) groups excluding carboxylic acids is 1. The van der Waals surface area contributed by atoms with Crippen molar-refractivity contribution in [1.82, 2.24) is 0 Å². The molecule has 0 spiro atoms. The van der Waals surface area contributed by atoms with Gasteiger partial charge in [-0.2, -0.15) is 8.78 Å². The summed E-state index contributed by atoms with van der Waals surface area (Å²) in [6.07, 6.45) is 0. The summed E-state index contributed by atoms with van der Waals surface area (Å²) >= 11 is 0. The first-order chi connectivity index (χ1) is 9.11. The minimum atomic E-state index is -3.11. The van der Waals surface area contributed by atoms with Gasteiger partial charge in [0.25, 0.3) is 0 Å². The average Bonchev–Trinajstić information content (AvgIpc) is 2.30. The number of hydrogen-bond acceptors (Lipinski definition) is 3. The largest absolute Gasteiger partial charge is 0.432 e. The Kier molecular flexibility index (Phi) is 4.99. The summed E-state index contributed by atoms with van der Waals surface area (Å²) in [6, 6.07) is 2.38. The number of benzene rings is 1. The zero-order valence-corrected chi connectivity index (χ0v) is 11.4. The molecule has 4 nitrogen and oxygen atoms in total. The summed E-state index contributed by atoms with van der Waals surface area (Å²) in [4.78, 5) is 11.8. The summed E-state index contributed by atoms with van der Waals surface area (Å²) < 4.78 is 41.4. The summed E-state index contributed by atoms with van der Waals surface area (Å²) in [5.41, 5.74) is 5.41. The Balaban J connectivity index is 2.80. The van der Waals surface area contributed by atoms with Gasteiger partial charge in [-0.3, -0.25) is 4.79 Å². The van der Waals surface area contributed by atoms with Crippen LogP contribution in [0, 0.1) is 11.2 Å². The lowest BCUT2D eigenvalue weighted by molar-refractivity contribution is -0.119. The maximum Gasteiger partial charge on any atom is 0.387 e. The summed E-state index contributed by atoms with van der Waals surface area (Å²) in [5, 5.41) is 2.42. The van der Waals surface area contributed by atoms with E-state index < -0.39 is 35.5 Å². The first-order valence-corrected chi connectivity index (χ1v) is 5.92. The molecule has 112 valence electrons. The molecule has 0 heterocycles. The van der Waals surface area contributed by atoms with Crippen molar-refractivity contribution >= 4 is 11.6 Å². The van der Waals surface area contributed by atoms with Gasteiger partial charge in [-0.25, -0.2) is 4.39 Å². The highest BCUT2D eigenvalue weighted by atomic mass is 19.3. The van der Waals surface area contributed by atoms with Crippen LogP contribution in [0.4, 0.5) is 18.9 Å². The molecule has 1 aromatic carbocycles. The zero-order valence-electron chi connectivity index (χ0n) is 11.4. The van der Waals surface area contributed by atoms with E-state index in [1.165, 1.54) is 6.07 Å². The molecule has 0 unspecified atom stereocenters. The maximum atomic E-state index is 13.5. The van der Waals surface area contributed by atoms with E-state index in [4.69, 9.17) is 5.73 Å². The van der Waals surface area contributed by atoms with E-state index in [-0.39, 0.29) is 5.69 Å². The number of nitrogens with two attached hydrogens (primary N) is 1. The van der Waals surface area contributed by atoms with Crippen LogP contribution in [0.5, 0.6) is 5.75 Å². The molecule has 3 N–H and O–H groups in total. The molecule has 0 aliphatic carbocycles. The van der Waals surface area contributed by atoms with Crippen molar-refractivity contribution in [2.75, 3.05) is 5.32 Å². The number of rotatable bonds is 4. The smallest absolute Gasteiger partial charge is 0.387 e. The predicted octanol–water partition coefficient (Wildman–Crippen LogP) is 2.74. The number of halogens is 3. The van der Waals surface area contributed by atoms with E-state index in [0.29, 0.717) is 0 Å². The minimum Gasteiger partial charge on any atom is -0.432 e. The van der Waals surface area contributed by atoms with Crippen molar-refractivity contribution in [3.05, 3.63) is 24.0 Å². The molecule has 0 aromatic heterocycles. The van der Waals surface area contributed by atoms with Crippen molar-refractivity contribution in [2.45, 2.75) is 33.4 Å². The van der Waals surface area contributed by atoms with Gasteiger partial charge >= 0.3 is 6.61 Å². The van der Waals surface area contributed by atoms with Gasteiger partial charge in [-0.1, -0.05) is 20.8 Å². The van der Waals surface area contributed by atoms with Crippen molar-refractivity contribution in [3.8, 4) is 5.75 Å². The fourth-order valence-electron chi connectivity index (χ4n) is 1.38. The van der Waals surface area contributed by atoms with E-state index in [9.17, 15) is 18.0 Å². The SMILES string of the molecule is CC(C)(C)[C@@H](N)C(=O)Nc1ccc(OC(F)F)c(F)c1. The normalized spacial score (nSPS) is 13.2. The molecule has 20 heavy (non-hydrogen) atoms. The third kappa shape index (κ3) is 4.41. The molecule has 1 amide bonds. The molecule has 0 aliphatic heterocycles. The van der Waals surface area contributed by atoms with Crippen LogP contribution in [0.2, 0.25) is 0 Å². The Labute approximate surface area is 115 Å². The van der Waals surface area contributed by atoms with Crippen LogP contribution in [-0.2, 0) is 4.79 Å². The Morgan fingerprint density at radius 1 is 1.35 bits per heavy atom. The van der Waals surface area contributed by atoms with Crippen molar-refractivity contribution in [1.29, 1.82) is 0 Å². The molecule has 7 heteroatoms. The van der Waals surface area contributed by atoms with E-state index in [0.717, 1.165) is 12.1 Å². The number of ether oxygens (including phenoxy) is 1. The number of anilines is 1. The molecule has 0 bridgehead atoms. The fourth-order valence-corrected chi connectivity index (χ4v) is 1.38. The third-order valence-electron chi connectivity index (χ3n) is 2.63. The molecule has 0 fully saturated rings. The van der Waals surface area contributed by atoms with Crippen LogP contribution >= 0.6 is 0 Å². The van der Waals surface area contributed by atoms with Gasteiger partial charge in [0, 0.05) is 11.8 Å². The third-order valence-corrected chi connectivity index (χ3v) is 2.63. The minimum absolute atomic E-state index is 0.119. The molecule has 1 rings (SSSR count). The summed E-state index contributed by atoms with van der Waals surface area (Å²) in [5.74, 6) is -2.06. The average molecular weight is 290 g/mol. The quantitative estimate of drug-likeness (QED) is 0.896. The van der Waals surface area contributed by atoms with Crippen molar-refractivity contribution in [3.63, 3.8) is 0 Å². The Hall–Kier alpha value is -1.76. The summed E-state index contributed by atoms with van der Waals surface area (Å²) in [7, 11) is 0. The number of nitrogens with one attached hydrogen (secondary N) is 1. The van der Waals surface area contributed by atoms with Crippen LogP contribution in [0.25, 0.3) is 0 Å². The van der Waals surface area contributed by atoms with Gasteiger partial charge in [0.05, 0.1) is 6.04 Å². The summed E-state index contributed by atoms with van der Waals surface area (Å²) in [6.45, 7) is 2.26. The lowest BCUT2D eigenvalue weighted by Gasteiger charge is -2.25. The standard InChI is InChI=1S/C13H17F3N2O2/c1-13(2,3)10(17)11(19)18-7-4-5-9(8(14)6-7)20-12(15)16/h4-6,10,12H,17H2,1-3H3,(H,18,19)/t10-/m0/s1. The lowest BCUT2D eigenvalue weighted by atomic mass is 9.87. The van der Waals surface area contributed by atoms with Gasteiger partial charge in [-0.15, -0.1) is 0 Å². The lowest BCUT2D eigenvalue weighted by Crippen LogP contribution is -2.45.